The van der Waals surface area contributed by atoms with Crippen LogP contribution in [0.25, 0.3) is 0 Å². The summed E-state index contributed by atoms with van der Waals surface area (Å²) in [6.45, 7) is 2.23. The first kappa shape index (κ1) is 13.9. The van der Waals surface area contributed by atoms with E-state index >= 15 is 0 Å². The number of carbonyl (C=O) groups is 1. The Morgan fingerprint density at radius 3 is 2.14 bits per heavy atom. The Morgan fingerprint density at radius 1 is 1.07 bits per heavy atom. The van der Waals surface area contributed by atoms with Crippen molar-refractivity contribution in [2.45, 2.75) is 51.9 Å². The van der Waals surface area contributed by atoms with Gasteiger partial charge in [-0.1, -0.05) is 39.0 Å². The summed E-state index contributed by atoms with van der Waals surface area (Å²) in [7, 11) is 0.186. The molecule has 2 heteroatoms. The molecule has 0 spiro atoms. The maximum atomic E-state index is 10.7. The maximum Gasteiger partial charge on any atom is 0.151 e. The van der Waals surface area contributed by atoms with E-state index in [0.717, 1.165) is 17.6 Å². The fourth-order valence-corrected chi connectivity index (χ4v) is 2.18. The van der Waals surface area contributed by atoms with Gasteiger partial charge in [-0.3, -0.25) is 4.79 Å². The number of unbranched alkanes of at least 4 members (excludes halogenated alkanes) is 5. The van der Waals surface area contributed by atoms with Crippen LogP contribution in [0.2, 0.25) is 0 Å². The summed E-state index contributed by atoms with van der Waals surface area (Å²) in [6.07, 6.45) is 14.2. The minimum absolute atomic E-state index is 0.186. The normalized spacial score (nSPS) is 10.6. The first-order chi connectivity index (χ1) is 6.72. The molecular formula is C12H24OS. The van der Waals surface area contributed by atoms with Gasteiger partial charge < -0.3 is 0 Å². The summed E-state index contributed by atoms with van der Waals surface area (Å²) >= 11 is 0. The average molecular weight is 216 g/mol. The van der Waals surface area contributed by atoms with Gasteiger partial charge in [-0.25, -0.2) is 0 Å². The summed E-state index contributed by atoms with van der Waals surface area (Å²) in [5.41, 5.74) is 0. The van der Waals surface area contributed by atoms with Crippen molar-refractivity contribution < 1.29 is 4.79 Å². The Morgan fingerprint density at radius 2 is 1.64 bits per heavy atom. The van der Waals surface area contributed by atoms with Gasteiger partial charge in [0.15, 0.2) is 6.29 Å². The number of hydrogen-bond acceptors (Lipinski definition) is 1. The SMILES string of the molecule is CCCCCCCCC(C=O)=S(C)C. The molecule has 1 nitrogen and oxygen atoms in total. The molecule has 0 N–H and O–H groups in total. The third kappa shape index (κ3) is 7.31. The van der Waals surface area contributed by atoms with Crippen LogP contribution < -0.4 is 0 Å². The van der Waals surface area contributed by atoms with E-state index in [1.165, 1.54) is 38.5 Å². The van der Waals surface area contributed by atoms with Crippen LogP contribution in [0, 0.1) is 0 Å². The standard InChI is InChI=1S/C12H24OS/c1-4-5-6-7-8-9-10-12(11-13)14(2)3/h11H,4-10H2,1-3H3. The molecule has 0 rings (SSSR count). The lowest BCUT2D eigenvalue weighted by Gasteiger charge is -2.03. The van der Waals surface area contributed by atoms with Gasteiger partial charge in [0.05, 0.1) is 0 Å². The zero-order chi connectivity index (χ0) is 10.8. The monoisotopic (exact) mass is 216 g/mol. The lowest BCUT2D eigenvalue weighted by molar-refractivity contribution is -0.102. The first-order valence-electron chi connectivity index (χ1n) is 5.61. The molecule has 0 aliphatic carbocycles. The molecule has 0 radical (unpaired) electrons. The van der Waals surface area contributed by atoms with Gasteiger partial charge in [-0.2, -0.15) is 10.5 Å². The highest BCUT2D eigenvalue weighted by Crippen LogP contribution is 2.11. The summed E-state index contributed by atoms with van der Waals surface area (Å²) in [5, 5.41) is 0. The van der Waals surface area contributed by atoms with E-state index in [1.807, 2.05) is 0 Å². The molecule has 0 fully saturated rings. The maximum absolute atomic E-state index is 10.7. The molecule has 0 heterocycles. The molecule has 0 aliphatic heterocycles. The smallest absolute Gasteiger partial charge is 0.151 e. The van der Waals surface area contributed by atoms with E-state index in [-0.39, 0.29) is 10.5 Å². The third-order valence-corrected chi connectivity index (χ3v) is 3.78. The zero-order valence-electron chi connectivity index (χ0n) is 9.84. The van der Waals surface area contributed by atoms with Crippen molar-refractivity contribution in [1.82, 2.24) is 0 Å². The molecule has 0 amide bonds. The van der Waals surface area contributed by atoms with Crippen molar-refractivity contribution in [1.29, 1.82) is 0 Å². The Hall–Kier alpha value is -0.110. The molecule has 0 aliphatic rings. The summed E-state index contributed by atoms with van der Waals surface area (Å²) in [5.74, 6) is 0. The van der Waals surface area contributed by atoms with Gasteiger partial charge in [0.2, 0.25) is 0 Å². The highest BCUT2D eigenvalue weighted by atomic mass is 32.2. The van der Waals surface area contributed by atoms with Crippen LogP contribution in [-0.4, -0.2) is 23.7 Å². The molecule has 0 unspecified atom stereocenters. The molecule has 84 valence electrons. The van der Waals surface area contributed by atoms with Gasteiger partial charge in [-0.15, -0.1) is 0 Å². The number of aldehydes is 1. The predicted molar refractivity (Wildman–Crippen MR) is 68.5 cm³/mol. The largest absolute Gasteiger partial charge is 0.298 e. The third-order valence-electron chi connectivity index (χ3n) is 2.43. The van der Waals surface area contributed by atoms with Gasteiger partial charge in [-0.05, 0) is 25.4 Å². The van der Waals surface area contributed by atoms with Gasteiger partial charge in [0, 0.05) is 4.86 Å². The van der Waals surface area contributed by atoms with Crippen molar-refractivity contribution in [2.24, 2.45) is 0 Å². The van der Waals surface area contributed by atoms with Crippen LogP contribution in [-0.2, 0) is 4.79 Å². The van der Waals surface area contributed by atoms with E-state index in [4.69, 9.17) is 0 Å². The van der Waals surface area contributed by atoms with Crippen molar-refractivity contribution >= 4 is 21.6 Å². The van der Waals surface area contributed by atoms with Crippen LogP contribution >= 0.6 is 10.5 Å². The lowest BCUT2D eigenvalue weighted by atomic mass is 10.1. The topological polar surface area (TPSA) is 17.1 Å². The molecule has 0 saturated heterocycles. The molecule has 0 atom stereocenters. The van der Waals surface area contributed by atoms with E-state index in [9.17, 15) is 4.79 Å². The molecule has 0 aromatic carbocycles. The van der Waals surface area contributed by atoms with Gasteiger partial charge in [0.25, 0.3) is 0 Å². The summed E-state index contributed by atoms with van der Waals surface area (Å²) in [6, 6.07) is 0. The minimum Gasteiger partial charge on any atom is -0.298 e. The second-order valence-electron chi connectivity index (χ2n) is 3.92. The van der Waals surface area contributed by atoms with Crippen LogP contribution in [0.3, 0.4) is 0 Å². The highest BCUT2D eigenvalue weighted by Gasteiger charge is 1.97. The molecule has 0 aromatic heterocycles. The van der Waals surface area contributed by atoms with Crippen molar-refractivity contribution in [3.8, 4) is 0 Å². The molecule has 14 heavy (non-hydrogen) atoms. The quantitative estimate of drug-likeness (QED) is 0.344. The number of hydrogen-bond donors (Lipinski definition) is 0. The summed E-state index contributed by atoms with van der Waals surface area (Å²) < 4.78 is 0. The van der Waals surface area contributed by atoms with E-state index < -0.39 is 0 Å². The predicted octanol–water partition coefficient (Wildman–Crippen LogP) is 3.64. The fraction of sp³-hybridized carbons (Fsp3) is 0.833. The Bertz CT molecular complexity index is 181. The Labute approximate surface area is 91.2 Å². The molecule has 0 aromatic rings. The van der Waals surface area contributed by atoms with Crippen LogP contribution in [0.5, 0.6) is 0 Å². The van der Waals surface area contributed by atoms with E-state index in [1.54, 1.807) is 0 Å². The van der Waals surface area contributed by atoms with Crippen LogP contribution in [0.1, 0.15) is 51.9 Å². The molecular weight excluding hydrogens is 192 g/mol. The average Bonchev–Trinajstić information content (AvgIpc) is 2.16. The lowest BCUT2D eigenvalue weighted by Crippen LogP contribution is -1.99. The first-order valence-corrected chi connectivity index (χ1v) is 7.65. The number of rotatable bonds is 8. The van der Waals surface area contributed by atoms with Crippen molar-refractivity contribution in [3.63, 3.8) is 0 Å². The van der Waals surface area contributed by atoms with Crippen molar-refractivity contribution in [2.75, 3.05) is 12.5 Å². The number of carbonyl (C=O) groups excluding carboxylic acids is 1. The second-order valence-corrected chi connectivity index (χ2v) is 6.08. The van der Waals surface area contributed by atoms with E-state index in [0.29, 0.717) is 0 Å². The van der Waals surface area contributed by atoms with Crippen LogP contribution in [0.4, 0.5) is 0 Å². The molecule has 0 saturated carbocycles. The highest BCUT2D eigenvalue weighted by molar-refractivity contribution is 8.15. The second kappa shape index (κ2) is 9.45. The minimum atomic E-state index is 0.186. The fourth-order valence-electron chi connectivity index (χ4n) is 1.44. The van der Waals surface area contributed by atoms with Gasteiger partial charge in [0.1, 0.15) is 0 Å². The zero-order valence-corrected chi connectivity index (χ0v) is 10.7. The van der Waals surface area contributed by atoms with E-state index in [2.05, 4.69) is 19.4 Å². The Balaban J connectivity index is 3.44. The molecule has 0 bridgehead atoms. The summed E-state index contributed by atoms with van der Waals surface area (Å²) in [4.78, 5) is 11.8. The van der Waals surface area contributed by atoms with Crippen molar-refractivity contribution in [3.05, 3.63) is 0 Å². The Kier molecular flexibility index (Phi) is 9.37. The van der Waals surface area contributed by atoms with Gasteiger partial charge >= 0.3 is 0 Å². The van der Waals surface area contributed by atoms with Crippen LogP contribution in [0.15, 0.2) is 0 Å².